The van der Waals surface area contributed by atoms with Crippen LogP contribution in [0.5, 0.6) is 5.75 Å². The number of ether oxygens (including phenoxy) is 1. The van der Waals surface area contributed by atoms with Crippen molar-refractivity contribution in [2.75, 3.05) is 13.2 Å². The summed E-state index contributed by atoms with van der Waals surface area (Å²) in [6, 6.07) is 11.0. The SMILES string of the molecule is Oc1cccc(CNCCCOCc2ccco2)c1. The molecule has 0 fully saturated rings. The lowest BCUT2D eigenvalue weighted by atomic mass is 10.2. The minimum Gasteiger partial charge on any atom is -0.508 e. The maximum Gasteiger partial charge on any atom is 0.129 e. The van der Waals surface area contributed by atoms with Gasteiger partial charge in [-0.3, -0.25) is 0 Å². The van der Waals surface area contributed by atoms with Crippen LogP contribution in [0.15, 0.2) is 47.1 Å². The van der Waals surface area contributed by atoms with Gasteiger partial charge in [-0.05, 0) is 42.8 Å². The van der Waals surface area contributed by atoms with Gasteiger partial charge >= 0.3 is 0 Å². The molecule has 2 rings (SSSR count). The van der Waals surface area contributed by atoms with E-state index in [2.05, 4.69) is 5.32 Å². The quantitative estimate of drug-likeness (QED) is 0.717. The van der Waals surface area contributed by atoms with Gasteiger partial charge in [0.25, 0.3) is 0 Å². The van der Waals surface area contributed by atoms with E-state index in [-0.39, 0.29) is 0 Å². The second-order valence-electron chi connectivity index (χ2n) is 4.33. The van der Waals surface area contributed by atoms with Crippen LogP contribution in [-0.4, -0.2) is 18.3 Å². The molecule has 0 radical (unpaired) electrons. The fourth-order valence-electron chi connectivity index (χ4n) is 1.77. The highest BCUT2D eigenvalue weighted by molar-refractivity contribution is 5.26. The summed E-state index contributed by atoms with van der Waals surface area (Å²) in [5.41, 5.74) is 1.08. The molecule has 1 aromatic heterocycles. The predicted octanol–water partition coefficient (Wildman–Crippen LogP) is 2.68. The standard InChI is InChI=1S/C15H19NO3/c17-14-5-1-4-13(10-14)11-16-7-3-8-18-12-15-6-2-9-19-15/h1-2,4-6,9-10,16-17H,3,7-8,11-12H2. The smallest absolute Gasteiger partial charge is 0.129 e. The Labute approximate surface area is 113 Å². The number of hydrogen-bond acceptors (Lipinski definition) is 4. The molecule has 0 atom stereocenters. The normalized spacial score (nSPS) is 10.7. The third-order valence-electron chi connectivity index (χ3n) is 2.71. The van der Waals surface area contributed by atoms with Gasteiger partial charge < -0.3 is 19.6 Å². The first-order valence-electron chi connectivity index (χ1n) is 6.43. The molecule has 19 heavy (non-hydrogen) atoms. The summed E-state index contributed by atoms with van der Waals surface area (Å²) in [5.74, 6) is 1.16. The fraction of sp³-hybridized carbons (Fsp3) is 0.333. The van der Waals surface area contributed by atoms with E-state index >= 15 is 0 Å². The molecular weight excluding hydrogens is 242 g/mol. The number of phenolic OH excluding ortho intramolecular Hbond substituents is 1. The van der Waals surface area contributed by atoms with Crippen LogP contribution in [0.1, 0.15) is 17.7 Å². The Hall–Kier alpha value is -1.78. The summed E-state index contributed by atoms with van der Waals surface area (Å²) in [6.45, 7) is 2.87. The highest BCUT2D eigenvalue weighted by Gasteiger charge is 1.96. The summed E-state index contributed by atoms with van der Waals surface area (Å²) in [6.07, 6.45) is 2.59. The molecule has 2 aromatic rings. The molecule has 0 aliphatic rings. The van der Waals surface area contributed by atoms with E-state index in [0.29, 0.717) is 19.0 Å². The third-order valence-corrected chi connectivity index (χ3v) is 2.71. The highest BCUT2D eigenvalue weighted by atomic mass is 16.5. The van der Waals surface area contributed by atoms with Crippen molar-refractivity contribution >= 4 is 0 Å². The molecule has 4 heteroatoms. The fourth-order valence-corrected chi connectivity index (χ4v) is 1.77. The molecular formula is C15H19NO3. The molecule has 4 nitrogen and oxygen atoms in total. The number of nitrogens with one attached hydrogen (secondary N) is 1. The molecule has 1 heterocycles. The van der Waals surface area contributed by atoms with E-state index in [0.717, 1.165) is 30.8 Å². The zero-order valence-corrected chi connectivity index (χ0v) is 10.8. The van der Waals surface area contributed by atoms with Gasteiger partial charge in [-0.1, -0.05) is 12.1 Å². The zero-order valence-electron chi connectivity index (χ0n) is 10.8. The number of benzene rings is 1. The Morgan fingerprint density at radius 3 is 2.95 bits per heavy atom. The van der Waals surface area contributed by atoms with Crippen LogP contribution >= 0.6 is 0 Å². The van der Waals surface area contributed by atoms with Crippen molar-refractivity contribution in [2.24, 2.45) is 0 Å². The first-order valence-corrected chi connectivity index (χ1v) is 6.43. The number of phenols is 1. The Morgan fingerprint density at radius 1 is 1.21 bits per heavy atom. The van der Waals surface area contributed by atoms with Crippen molar-refractivity contribution in [3.05, 3.63) is 54.0 Å². The van der Waals surface area contributed by atoms with Crippen LogP contribution in [-0.2, 0) is 17.9 Å². The third kappa shape index (κ3) is 5.16. The lowest BCUT2D eigenvalue weighted by Crippen LogP contribution is -2.16. The van der Waals surface area contributed by atoms with Crippen molar-refractivity contribution < 1.29 is 14.3 Å². The Bertz CT molecular complexity index is 468. The number of hydrogen-bond donors (Lipinski definition) is 2. The van der Waals surface area contributed by atoms with Crippen molar-refractivity contribution in [2.45, 2.75) is 19.6 Å². The van der Waals surface area contributed by atoms with Gasteiger partial charge in [-0.15, -0.1) is 0 Å². The van der Waals surface area contributed by atoms with E-state index in [1.54, 1.807) is 18.4 Å². The number of aromatic hydroxyl groups is 1. The average molecular weight is 261 g/mol. The molecule has 0 unspecified atom stereocenters. The number of furan rings is 1. The molecule has 0 amide bonds. The van der Waals surface area contributed by atoms with Gasteiger partial charge in [0, 0.05) is 13.2 Å². The molecule has 0 spiro atoms. The van der Waals surface area contributed by atoms with Crippen LogP contribution in [0.4, 0.5) is 0 Å². The van der Waals surface area contributed by atoms with Gasteiger partial charge in [0.15, 0.2) is 0 Å². The maximum absolute atomic E-state index is 9.32. The topological polar surface area (TPSA) is 54.6 Å². The molecule has 0 saturated carbocycles. The maximum atomic E-state index is 9.32. The molecule has 0 bridgehead atoms. The highest BCUT2D eigenvalue weighted by Crippen LogP contribution is 2.10. The zero-order chi connectivity index (χ0) is 13.3. The Kier molecular flexibility index (Phi) is 5.47. The van der Waals surface area contributed by atoms with Gasteiger partial charge in [0.05, 0.1) is 6.26 Å². The van der Waals surface area contributed by atoms with Crippen LogP contribution in [0.3, 0.4) is 0 Å². The van der Waals surface area contributed by atoms with Gasteiger partial charge in [-0.25, -0.2) is 0 Å². The van der Waals surface area contributed by atoms with E-state index in [1.807, 2.05) is 24.3 Å². The van der Waals surface area contributed by atoms with Gasteiger partial charge in [0.2, 0.25) is 0 Å². The van der Waals surface area contributed by atoms with Crippen molar-refractivity contribution in [1.82, 2.24) is 5.32 Å². The largest absolute Gasteiger partial charge is 0.508 e. The first-order chi connectivity index (χ1) is 9.34. The average Bonchev–Trinajstić information content (AvgIpc) is 2.91. The van der Waals surface area contributed by atoms with Crippen LogP contribution < -0.4 is 5.32 Å². The van der Waals surface area contributed by atoms with E-state index in [1.165, 1.54) is 0 Å². The Balaban J connectivity index is 1.50. The van der Waals surface area contributed by atoms with Crippen molar-refractivity contribution in [3.63, 3.8) is 0 Å². The first kappa shape index (κ1) is 13.6. The summed E-state index contributed by atoms with van der Waals surface area (Å²) in [5, 5.41) is 12.6. The van der Waals surface area contributed by atoms with Crippen molar-refractivity contribution in [3.8, 4) is 5.75 Å². The lowest BCUT2D eigenvalue weighted by molar-refractivity contribution is 0.104. The van der Waals surface area contributed by atoms with Gasteiger partial charge in [-0.2, -0.15) is 0 Å². The van der Waals surface area contributed by atoms with Crippen LogP contribution in [0, 0.1) is 0 Å². The van der Waals surface area contributed by atoms with E-state index in [4.69, 9.17) is 9.15 Å². The molecule has 0 aliphatic carbocycles. The minimum absolute atomic E-state index is 0.307. The van der Waals surface area contributed by atoms with E-state index in [9.17, 15) is 5.11 Å². The van der Waals surface area contributed by atoms with Crippen molar-refractivity contribution in [1.29, 1.82) is 0 Å². The molecule has 0 saturated heterocycles. The molecule has 2 N–H and O–H groups in total. The van der Waals surface area contributed by atoms with Crippen LogP contribution in [0.25, 0.3) is 0 Å². The molecule has 0 aliphatic heterocycles. The molecule has 1 aromatic carbocycles. The van der Waals surface area contributed by atoms with Gasteiger partial charge in [0.1, 0.15) is 18.1 Å². The second-order valence-corrected chi connectivity index (χ2v) is 4.33. The summed E-state index contributed by atoms with van der Waals surface area (Å²) in [4.78, 5) is 0. The summed E-state index contributed by atoms with van der Waals surface area (Å²) in [7, 11) is 0. The summed E-state index contributed by atoms with van der Waals surface area (Å²) < 4.78 is 10.6. The monoisotopic (exact) mass is 261 g/mol. The second kappa shape index (κ2) is 7.61. The van der Waals surface area contributed by atoms with E-state index < -0.39 is 0 Å². The molecule has 102 valence electrons. The number of rotatable bonds is 8. The Morgan fingerprint density at radius 2 is 2.16 bits per heavy atom. The predicted molar refractivity (Wildman–Crippen MR) is 72.8 cm³/mol. The summed E-state index contributed by atoms with van der Waals surface area (Å²) >= 11 is 0. The minimum atomic E-state index is 0.307. The lowest BCUT2D eigenvalue weighted by Gasteiger charge is -2.05. The van der Waals surface area contributed by atoms with Crippen LogP contribution in [0.2, 0.25) is 0 Å².